The average molecular weight is 213 g/mol. The van der Waals surface area contributed by atoms with Gasteiger partial charge in [0.1, 0.15) is 0 Å². The van der Waals surface area contributed by atoms with E-state index in [1.165, 1.54) is 19.3 Å². The highest BCUT2D eigenvalue weighted by molar-refractivity contribution is 4.85. The quantitative estimate of drug-likeness (QED) is 0.696. The molecular weight excluding hydrogens is 182 g/mol. The molecule has 0 aliphatic rings. The van der Waals surface area contributed by atoms with Crippen molar-refractivity contribution in [2.45, 2.75) is 73.3 Å². The third-order valence-electron chi connectivity index (χ3n) is 3.80. The lowest BCUT2D eigenvalue weighted by molar-refractivity contribution is 0.146. The molecule has 0 rings (SSSR count). The van der Waals surface area contributed by atoms with E-state index in [2.05, 4.69) is 53.8 Å². The van der Waals surface area contributed by atoms with Crippen LogP contribution in [0.5, 0.6) is 0 Å². The zero-order chi connectivity index (χ0) is 12.1. The Hall–Kier alpha value is -0.0400. The van der Waals surface area contributed by atoms with Gasteiger partial charge in [0.05, 0.1) is 0 Å². The highest BCUT2D eigenvalue weighted by atomic mass is 15.0. The fourth-order valence-corrected chi connectivity index (χ4v) is 2.30. The van der Waals surface area contributed by atoms with Gasteiger partial charge in [-0.2, -0.15) is 0 Å². The highest BCUT2D eigenvalue weighted by Crippen LogP contribution is 2.35. The van der Waals surface area contributed by atoms with E-state index in [1.807, 2.05) is 0 Å². The van der Waals surface area contributed by atoms with E-state index < -0.39 is 0 Å². The molecule has 0 spiro atoms. The molecule has 1 nitrogen and oxygen atoms in total. The smallest absolute Gasteiger partial charge is 0.00967 e. The normalized spacial score (nSPS) is 16.8. The minimum Gasteiger partial charge on any atom is -0.312 e. The molecular formula is C14H31N. The molecule has 0 aromatic carbocycles. The fraction of sp³-hybridized carbons (Fsp3) is 1.00. The molecule has 1 atom stereocenters. The summed E-state index contributed by atoms with van der Waals surface area (Å²) in [5.41, 5.74) is 0.694. The van der Waals surface area contributed by atoms with Crippen molar-refractivity contribution in [1.82, 2.24) is 5.32 Å². The predicted molar refractivity (Wildman–Crippen MR) is 70.2 cm³/mol. The van der Waals surface area contributed by atoms with Crippen molar-refractivity contribution in [3.63, 3.8) is 0 Å². The Morgan fingerprint density at radius 2 is 1.40 bits per heavy atom. The second kappa shape index (κ2) is 5.89. The minimum absolute atomic E-state index is 0.239. The topological polar surface area (TPSA) is 12.0 Å². The summed E-state index contributed by atoms with van der Waals surface area (Å²) < 4.78 is 0. The first kappa shape index (κ1) is 15.0. The van der Waals surface area contributed by atoms with Crippen LogP contribution in [0.3, 0.4) is 0 Å². The van der Waals surface area contributed by atoms with Crippen molar-refractivity contribution in [1.29, 1.82) is 0 Å². The maximum atomic E-state index is 3.66. The summed E-state index contributed by atoms with van der Waals surface area (Å²) in [6, 6.07) is 0. The van der Waals surface area contributed by atoms with Crippen LogP contribution in [0.4, 0.5) is 0 Å². The molecule has 15 heavy (non-hydrogen) atoms. The van der Waals surface area contributed by atoms with Crippen LogP contribution < -0.4 is 5.32 Å². The molecule has 0 aromatic heterocycles. The van der Waals surface area contributed by atoms with Crippen LogP contribution in [-0.2, 0) is 0 Å². The Morgan fingerprint density at radius 1 is 0.933 bits per heavy atom. The largest absolute Gasteiger partial charge is 0.312 e. The van der Waals surface area contributed by atoms with E-state index in [9.17, 15) is 0 Å². The van der Waals surface area contributed by atoms with Crippen molar-refractivity contribution in [3.8, 4) is 0 Å². The van der Waals surface area contributed by atoms with Gasteiger partial charge in [0, 0.05) is 12.1 Å². The first-order chi connectivity index (χ1) is 6.79. The predicted octanol–water partition coefficient (Wildman–Crippen LogP) is 4.23. The molecule has 1 heteroatoms. The molecule has 0 radical (unpaired) electrons. The highest BCUT2D eigenvalue weighted by Gasteiger charge is 2.30. The molecule has 0 aliphatic heterocycles. The van der Waals surface area contributed by atoms with E-state index in [4.69, 9.17) is 0 Å². The van der Waals surface area contributed by atoms with Gasteiger partial charge in [-0.05, 0) is 38.5 Å². The summed E-state index contributed by atoms with van der Waals surface area (Å²) in [7, 11) is 0. The van der Waals surface area contributed by atoms with E-state index in [0.29, 0.717) is 5.41 Å². The van der Waals surface area contributed by atoms with Crippen LogP contribution in [0.25, 0.3) is 0 Å². The van der Waals surface area contributed by atoms with Gasteiger partial charge in [0.25, 0.3) is 0 Å². The van der Waals surface area contributed by atoms with Gasteiger partial charge in [-0.3, -0.25) is 0 Å². The van der Waals surface area contributed by atoms with Crippen LogP contribution in [0.2, 0.25) is 0 Å². The van der Waals surface area contributed by atoms with Gasteiger partial charge in [0.15, 0.2) is 0 Å². The van der Waals surface area contributed by atoms with Crippen molar-refractivity contribution in [2.24, 2.45) is 11.3 Å². The Labute approximate surface area is 97.0 Å². The van der Waals surface area contributed by atoms with E-state index >= 15 is 0 Å². The summed E-state index contributed by atoms with van der Waals surface area (Å²) in [4.78, 5) is 0. The monoisotopic (exact) mass is 213 g/mol. The second-order valence-electron chi connectivity index (χ2n) is 6.12. The van der Waals surface area contributed by atoms with Gasteiger partial charge in [-0.25, -0.2) is 0 Å². The third-order valence-corrected chi connectivity index (χ3v) is 3.80. The molecule has 0 aromatic rings. The van der Waals surface area contributed by atoms with E-state index in [0.717, 1.165) is 12.5 Å². The summed E-state index contributed by atoms with van der Waals surface area (Å²) >= 11 is 0. The Bertz CT molecular complexity index is 165. The Balaban J connectivity index is 4.42. The van der Waals surface area contributed by atoms with Gasteiger partial charge in [-0.1, -0.05) is 40.5 Å². The number of rotatable bonds is 6. The van der Waals surface area contributed by atoms with Crippen LogP contribution >= 0.6 is 0 Å². The molecule has 0 saturated carbocycles. The average Bonchev–Trinajstić information content (AvgIpc) is 2.15. The fourth-order valence-electron chi connectivity index (χ4n) is 2.30. The number of nitrogens with one attached hydrogen (secondary N) is 1. The molecule has 1 unspecified atom stereocenters. The molecule has 0 bridgehead atoms. The summed E-state index contributed by atoms with van der Waals surface area (Å²) in [6.45, 7) is 17.3. The van der Waals surface area contributed by atoms with E-state index in [1.54, 1.807) is 0 Å². The van der Waals surface area contributed by atoms with Gasteiger partial charge in [-0.15, -0.1) is 0 Å². The molecule has 0 heterocycles. The van der Waals surface area contributed by atoms with Crippen LogP contribution in [0.15, 0.2) is 0 Å². The zero-order valence-electron chi connectivity index (χ0n) is 11.9. The summed E-state index contributed by atoms with van der Waals surface area (Å²) in [6.07, 6.45) is 3.86. The Morgan fingerprint density at radius 3 is 1.67 bits per heavy atom. The molecule has 0 aliphatic carbocycles. The van der Waals surface area contributed by atoms with Crippen molar-refractivity contribution >= 4 is 0 Å². The molecule has 92 valence electrons. The lowest BCUT2D eigenvalue weighted by Gasteiger charge is -2.39. The zero-order valence-corrected chi connectivity index (χ0v) is 11.9. The van der Waals surface area contributed by atoms with Crippen molar-refractivity contribution in [3.05, 3.63) is 0 Å². The van der Waals surface area contributed by atoms with E-state index in [-0.39, 0.29) is 5.54 Å². The Kier molecular flexibility index (Phi) is 5.87. The van der Waals surface area contributed by atoms with Crippen molar-refractivity contribution in [2.75, 3.05) is 6.54 Å². The molecule has 0 saturated heterocycles. The van der Waals surface area contributed by atoms with Crippen LogP contribution in [-0.4, -0.2) is 12.1 Å². The first-order valence-corrected chi connectivity index (χ1v) is 6.54. The minimum atomic E-state index is 0.239. The van der Waals surface area contributed by atoms with Crippen molar-refractivity contribution < 1.29 is 0 Å². The number of hydrogen-bond donors (Lipinski definition) is 1. The first-order valence-electron chi connectivity index (χ1n) is 6.54. The lowest BCUT2D eigenvalue weighted by atomic mass is 9.72. The summed E-state index contributed by atoms with van der Waals surface area (Å²) in [5.74, 6) is 0.845. The molecule has 0 amide bonds. The van der Waals surface area contributed by atoms with Gasteiger partial charge < -0.3 is 5.32 Å². The molecule has 1 N–H and O–H groups in total. The number of hydrogen-bond acceptors (Lipinski definition) is 1. The van der Waals surface area contributed by atoms with Gasteiger partial charge >= 0.3 is 0 Å². The second-order valence-corrected chi connectivity index (χ2v) is 6.12. The molecule has 0 fully saturated rings. The maximum Gasteiger partial charge on any atom is 0.00967 e. The summed E-state index contributed by atoms with van der Waals surface area (Å²) in [5, 5.41) is 3.66. The lowest BCUT2D eigenvalue weighted by Crippen LogP contribution is -2.45. The van der Waals surface area contributed by atoms with Crippen LogP contribution in [0, 0.1) is 11.3 Å². The standard InChI is InChI=1S/C14H31N/c1-8-12(9-2)14(7,10-3)11-15-13(4,5)6/h12,15H,8-11H2,1-7H3. The SMILES string of the molecule is CCC(CC)C(C)(CC)CNC(C)(C)C. The third kappa shape index (κ3) is 5.01. The van der Waals surface area contributed by atoms with Crippen LogP contribution in [0.1, 0.15) is 67.7 Å². The van der Waals surface area contributed by atoms with Gasteiger partial charge in [0.2, 0.25) is 0 Å². The maximum absolute atomic E-state index is 3.66.